The van der Waals surface area contributed by atoms with E-state index in [0.29, 0.717) is 34.9 Å². The molecular formula is C22H27NO6. The number of ketones is 2. The SMILES string of the molecule is CCCOc1ccccc1OCC(=O)O[C@@H](C)C(=O)c1[nH]c(C)c(C(C)=O)c1C. The Bertz CT molecular complexity index is 899. The van der Waals surface area contributed by atoms with Crippen molar-refractivity contribution in [1.82, 2.24) is 4.98 Å². The first-order chi connectivity index (χ1) is 13.8. The van der Waals surface area contributed by atoms with Gasteiger partial charge in [0.05, 0.1) is 12.3 Å². The highest BCUT2D eigenvalue weighted by atomic mass is 16.6. The van der Waals surface area contributed by atoms with Crippen LogP contribution in [0, 0.1) is 13.8 Å². The molecule has 156 valence electrons. The van der Waals surface area contributed by atoms with E-state index in [1.165, 1.54) is 13.8 Å². The third-order valence-corrected chi connectivity index (χ3v) is 4.37. The Balaban J connectivity index is 1.99. The second-order valence-corrected chi connectivity index (χ2v) is 6.76. The van der Waals surface area contributed by atoms with Crippen LogP contribution in [0.3, 0.4) is 0 Å². The van der Waals surface area contributed by atoms with Gasteiger partial charge in [0, 0.05) is 11.3 Å². The maximum atomic E-state index is 12.7. The smallest absolute Gasteiger partial charge is 0.344 e. The number of aryl methyl sites for hydroxylation is 1. The maximum Gasteiger partial charge on any atom is 0.344 e. The summed E-state index contributed by atoms with van der Waals surface area (Å²) in [6, 6.07) is 7.04. The first-order valence-electron chi connectivity index (χ1n) is 9.54. The van der Waals surface area contributed by atoms with E-state index in [9.17, 15) is 14.4 Å². The number of ether oxygens (including phenoxy) is 3. The lowest BCUT2D eigenvalue weighted by Crippen LogP contribution is -2.28. The molecule has 0 saturated carbocycles. The van der Waals surface area contributed by atoms with Crippen molar-refractivity contribution in [3.05, 3.63) is 46.8 Å². The summed E-state index contributed by atoms with van der Waals surface area (Å²) in [6.07, 6.45) is -0.173. The van der Waals surface area contributed by atoms with Crippen molar-refractivity contribution in [2.24, 2.45) is 0 Å². The Morgan fingerprint density at radius 3 is 2.24 bits per heavy atom. The van der Waals surface area contributed by atoms with E-state index in [-0.39, 0.29) is 18.1 Å². The average Bonchev–Trinajstić information content (AvgIpc) is 2.98. The molecule has 0 spiro atoms. The van der Waals surface area contributed by atoms with Gasteiger partial charge in [0.1, 0.15) is 0 Å². The van der Waals surface area contributed by atoms with Crippen molar-refractivity contribution in [2.75, 3.05) is 13.2 Å². The lowest BCUT2D eigenvalue weighted by Gasteiger charge is -2.14. The van der Waals surface area contributed by atoms with Gasteiger partial charge >= 0.3 is 5.97 Å². The maximum absolute atomic E-state index is 12.7. The molecule has 0 aliphatic heterocycles. The summed E-state index contributed by atoms with van der Waals surface area (Å²) in [7, 11) is 0. The minimum absolute atomic E-state index is 0.127. The molecule has 0 radical (unpaired) electrons. The van der Waals surface area contributed by atoms with Crippen LogP contribution in [-0.4, -0.2) is 41.8 Å². The zero-order chi connectivity index (χ0) is 21.6. The molecule has 1 aromatic heterocycles. The van der Waals surface area contributed by atoms with Crippen LogP contribution in [-0.2, 0) is 9.53 Å². The predicted molar refractivity (Wildman–Crippen MR) is 108 cm³/mol. The van der Waals surface area contributed by atoms with E-state index in [1.807, 2.05) is 13.0 Å². The minimum atomic E-state index is -1.02. The van der Waals surface area contributed by atoms with Gasteiger partial charge in [-0.15, -0.1) is 0 Å². The van der Waals surface area contributed by atoms with Crippen LogP contribution in [0.2, 0.25) is 0 Å². The number of Topliss-reactive ketones (excluding diaryl/α,β-unsaturated/α-hetero) is 2. The molecule has 1 N–H and O–H groups in total. The number of hydrogen-bond donors (Lipinski definition) is 1. The van der Waals surface area contributed by atoms with Crippen molar-refractivity contribution in [1.29, 1.82) is 0 Å². The molecule has 0 fully saturated rings. The van der Waals surface area contributed by atoms with Crippen molar-refractivity contribution in [3.63, 3.8) is 0 Å². The van der Waals surface area contributed by atoms with E-state index in [0.717, 1.165) is 6.42 Å². The largest absolute Gasteiger partial charge is 0.490 e. The van der Waals surface area contributed by atoms with Gasteiger partial charge < -0.3 is 19.2 Å². The number of carbonyl (C=O) groups excluding carboxylic acids is 3. The van der Waals surface area contributed by atoms with E-state index < -0.39 is 17.9 Å². The molecule has 1 aromatic carbocycles. The summed E-state index contributed by atoms with van der Waals surface area (Å²) < 4.78 is 16.3. The zero-order valence-electron chi connectivity index (χ0n) is 17.5. The number of carbonyl (C=O) groups is 3. The lowest BCUT2D eigenvalue weighted by atomic mass is 10.0. The summed E-state index contributed by atoms with van der Waals surface area (Å²) in [4.78, 5) is 39.5. The number of para-hydroxylation sites is 2. The number of aromatic nitrogens is 1. The van der Waals surface area contributed by atoms with Crippen LogP contribution >= 0.6 is 0 Å². The normalized spacial score (nSPS) is 11.6. The number of rotatable bonds is 10. The number of H-pyrrole nitrogens is 1. The number of hydrogen-bond acceptors (Lipinski definition) is 6. The third kappa shape index (κ3) is 5.47. The fourth-order valence-corrected chi connectivity index (χ4v) is 3.05. The van der Waals surface area contributed by atoms with Gasteiger partial charge in [-0.2, -0.15) is 0 Å². The Kier molecular flexibility index (Phi) is 7.59. The highest BCUT2D eigenvalue weighted by molar-refractivity contribution is 6.05. The van der Waals surface area contributed by atoms with Gasteiger partial charge in [-0.1, -0.05) is 19.1 Å². The van der Waals surface area contributed by atoms with Crippen LogP contribution in [0.25, 0.3) is 0 Å². The highest BCUT2D eigenvalue weighted by Gasteiger charge is 2.26. The van der Waals surface area contributed by atoms with Crippen molar-refractivity contribution in [3.8, 4) is 11.5 Å². The van der Waals surface area contributed by atoms with Crippen LogP contribution in [0.15, 0.2) is 24.3 Å². The molecule has 2 rings (SSSR count). The Morgan fingerprint density at radius 2 is 1.69 bits per heavy atom. The third-order valence-electron chi connectivity index (χ3n) is 4.37. The predicted octanol–water partition coefficient (Wildman–Crippen LogP) is 3.82. The van der Waals surface area contributed by atoms with E-state index >= 15 is 0 Å². The molecule has 0 aliphatic rings. The number of benzene rings is 1. The first-order valence-corrected chi connectivity index (χ1v) is 9.54. The lowest BCUT2D eigenvalue weighted by molar-refractivity contribution is -0.148. The van der Waals surface area contributed by atoms with Crippen LogP contribution in [0.1, 0.15) is 59.3 Å². The molecule has 0 bridgehead atoms. The zero-order valence-corrected chi connectivity index (χ0v) is 17.5. The van der Waals surface area contributed by atoms with Crippen LogP contribution in [0.4, 0.5) is 0 Å². The second-order valence-electron chi connectivity index (χ2n) is 6.76. The van der Waals surface area contributed by atoms with Crippen LogP contribution < -0.4 is 9.47 Å². The van der Waals surface area contributed by atoms with E-state index in [1.54, 1.807) is 32.0 Å². The molecule has 1 heterocycles. The molecule has 7 nitrogen and oxygen atoms in total. The van der Waals surface area contributed by atoms with Crippen molar-refractivity contribution in [2.45, 2.75) is 47.1 Å². The molecule has 0 unspecified atom stereocenters. The molecule has 0 amide bonds. The van der Waals surface area contributed by atoms with Crippen molar-refractivity contribution >= 4 is 17.5 Å². The van der Waals surface area contributed by atoms with Gasteiger partial charge in [-0.3, -0.25) is 9.59 Å². The van der Waals surface area contributed by atoms with Gasteiger partial charge in [0.15, 0.2) is 30.0 Å². The van der Waals surface area contributed by atoms with E-state index in [4.69, 9.17) is 14.2 Å². The number of nitrogens with one attached hydrogen (secondary N) is 1. The highest BCUT2D eigenvalue weighted by Crippen LogP contribution is 2.26. The van der Waals surface area contributed by atoms with Gasteiger partial charge in [0.2, 0.25) is 5.78 Å². The Labute approximate surface area is 170 Å². The summed E-state index contributed by atoms with van der Waals surface area (Å²) in [5.74, 6) is -0.237. The number of esters is 1. The van der Waals surface area contributed by atoms with Gasteiger partial charge in [-0.05, 0) is 51.8 Å². The Morgan fingerprint density at radius 1 is 1.07 bits per heavy atom. The van der Waals surface area contributed by atoms with Gasteiger partial charge in [-0.25, -0.2) is 4.79 Å². The minimum Gasteiger partial charge on any atom is -0.490 e. The molecular weight excluding hydrogens is 374 g/mol. The standard InChI is InChI=1S/C22H27NO6/c1-6-11-27-17-9-7-8-10-18(17)28-12-19(25)29-16(5)22(26)21-13(2)20(15(4)24)14(3)23-21/h7-10,16,23H,6,11-12H2,1-5H3/t16-/m0/s1. The second kappa shape index (κ2) is 9.91. The molecule has 7 heteroatoms. The molecule has 0 saturated heterocycles. The summed E-state index contributed by atoms with van der Waals surface area (Å²) >= 11 is 0. The summed E-state index contributed by atoms with van der Waals surface area (Å²) in [5.41, 5.74) is 1.93. The topological polar surface area (TPSA) is 94.7 Å². The first kappa shape index (κ1) is 22.2. The molecule has 29 heavy (non-hydrogen) atoms. The van der Waals surface area contributed by atoms with Crippen molar-refractivity contribution < 1.29 is 28.6 Å². The molecule has 2 aromatic rings. The molecule has 0 aliphatic carbocycles. The summed E-state index contributed by atoms with van der Waals surface area (Å²) in [5, 5.41) is 0. The number of aromatic amines is 1. The fourth-order valence-electron chi connectivity index (χ4n) is 3.05. The Hall–Kier alpha value is -3.09. The van der Waals surface area contributed by atoms with E-state index in [2.05, 4.69) is 4.98 Å². The van der Waals surface area contributed by atoms with Crippen LogP contribution in [0.5, 0.6) is 11.5 Å². The summed E-state index contributed by atoms with van der Waals surface area (Å²) in [6.45, 7) is 8.52. The van der Waals surface area contributed by atoms with Gasteiger partial charge in [0.25, 0.3) is 0 Å². The quantitative estimate of drug-likeness (QED) is 0.480. The monoisotopic (exact) mass is 401 g/mol. The fraction of sp³-hybridized carbons (Fsp3) is 0.409. The average molecular weight is 401 g/mol. The molecule has 1 atom stereocenters.